The molecule has 0 radical (unpaired) electrons. The molecule has 0 saturated carbocycles. The number of hydrogen-bond acceptors (Lipinski definition) is 3. The van der Waals surface area contributed by atoms with Gasteiger partial charge in [-0.3, -0.25) is 4.79 Å². The van der Waals surface area contributed by atoms with Crippen molar-refractivity contribution in [2.24, 2.45) is 5.92 Å². The van der Waals surface area contributed by atoms with Gasteiger partial charge in [-0.25, -0.2) is 0 Å². The number of ether oxygens (including phenoxy) is 2. The van der Waals surface area contributed by atoms with Gasteiger partial charge >= 0.3 is 0 Å². The Bertz CT molecular complexity index is 192. The average molecular weight is 199 g/mol. The van der Waals surface area contributed by atoms with Crippen LogP contribution < -0.4 is 5.32 Å². The summed E-state index contributed by atoms with van der Waals surface area (Å²) >= 11 is 0. The van der Waals surface area contributed by atoms with Crippen LogP contribution in [0.25, 0.3) is 0 Å². The van der Waals surface area contributed by atoms with Crippen LogP contribution in [0.2, 0.25) is 0 Å². The van der Waals surface area contributed by atoms with Gasteiger partial charge in [-0.2, -0.15) is 0 Å². The molecule has 2 aliphatic heterocycles. The molecule has 1 atom stereocenters. The first-order valence-electron chi connectivity index (χ1n) is 5.30. The summed E-state index contributed by atoms with van der Waals surface area (Å²) in [5, 5.41) is 2.83. The molecule has 14 heavy (non-hydrogen) atoms. The van der Waals surface area contributed by atoms with Crippen LogP contribution in [-0.4, -0.2) is 38.4 Å². The molecule has 1 N–H and O–H groups in total. The second-order valence-corrected chi connectivity index (χ2v) is 4.03. The molecule has 0 aromatic heterocycles. The molecule has 2 fully saturated rings. The molecule has 4 nitrogen and oxygen atoms in total. The smallest absolute Gasteiger partial charge is 0.246 e. The third-order valence-corrected chi connectivity index (χ3v) is 2.91. The van der Waals surface area contributed by atoms with Crippen LogP contribution in [0.4, 0.5) is 0 Å². The summed E-state index contributed by atoms with van der Waals surface area (Å²) in [4.78, 5) is 10.8. The van der Waals surface area contributed by atoms with Crippen LogP contribution in [0.5, 0.6) is 0 Å². The van der Waals surface area contributed by atoms with Crippen LogP contribution in [0.15, 0.2) is 0 Å². The van der Waals surface area contributed by atoms with Gasteiger partial charge in [0.1, 0.15) is 6.61 Å². The summed E-state index contributed by atoms with van der Waals surface area (Å²) in [6.07, 6.45) is 3.54. The Balaban J connectivity index is 1.71. The Morgan fingerprint density at radius 3 is 2.79 bits per heavy atom. The fraction of sp³-hybridized carbons (Fsp3) is 0.900. The van der Waals surface area contributed by atoms with E-state index >= 15 is 0 Å². The van der Waals surface area contributed by atoms with E-state index in [1.807, 2.05) is 0 Å². The standard InChI is InChI=1S/C10H17NO3/c12-10-7-14-9(6-11-10)5-8-1-3-13-4-2-8/h8-9H,1-7H2,(H,11,12). The molecule has 80 valence electrons. The first-order chi connectivity index (χ1) is 6.84. The number of carbonyl (C=O) groups excluding carboxylic acids is 1. The van der Waals surface area contributed by atoms with Gasteiger partial charge in [-0.05, 0) is 25.2 Å². The minimum absolute atomic E-state index is 0.00762. The highest BCUT2D eigenvalue weighted by Crippen LogP contribution is 2.21. The van der Waals surface area contributed by atoms with Gasteiger partial charge in [0.05, 0.1) is 6.10 Å². The maximum atomic E-state index is 10.8. The number of nitrogens with one attached hydrogen (secondary N) is 1. The zero-order valence-corrected chi connectivity index (χ0v) is 8.33. The fourth-order valence-corrected chi connectivity index (χ4v) is 2.04. The summed E-state index contributed by atoms with van der Waals surface area (Å²) in [6.45, 7) is 2.66. The Morgan fingerprint density at radius 2 is 2.14 bits per heavy atom. The highest BCUT2D eigenvalue weighted by molar-refractivity contribution is 5.77. The summed E-state index contributed by atoms with van der Waals surface area (Å²) < 4.78 is 10.7. The molecule has 2 rings (SSSR count). The van der Waals surface area contributed by atoms with Crippen molar-refractivity contribution >= 4 is 5.91 Å². The van der Waals surface area contributed by atoms with Crippen molar-refractivity contribution in [2.45, 2.75) is 25.4 Å². The van der Waals surface area contributed by atoms with Gasteiger partial charge in [-0.1, -0.05) is 0 Å². The third kappa shape index (κ3) is 2.69. The molecule has 4 heteroatoms. The first kappa shape index (κ1) is 9.93. The number of amides is 1. The summed E-state index contributed by atoms with van der Waals surface area (Å²) in [5.74, 6) is 0.719. The maximum absolute atomic E-state index is 10.8. The van der Waals surface area contributed by atoms with E-state index in [9.17, 15) is 4.79 Å². The topological polar surface area (TPSA) is 47.6 Å². The molecule has 1 amide bonds. The average Bonchev–Trinajstić information content (AvgIpc) is 2.23. The molecular weight excluding hydrogens is 182 g/mol. The van der Waals surface area contributed by atoms with E-state index in [2.05, 4.69) is 5.32 Å². The molecule has 2 aliphatic rings. The minimum Gasteiger partial charge on any atom is -0.381 e. The van der Waals surface area contributed by atoms with Crippen LogP contribution in [0.3, 0.4) is 0 Å². The van der Waals surface area contributed by atoms with E-state index < -0.39 is 0 Å². The quantitative estimate of drug-likeness (QED) is 0.696. The molecule has 1 unspecified atom stereocenters. The molecular formula is C10H17NO3. The second kappa shape index (κ2) is 4.75. The zero-order valence-electron chi connectivity index (χ0n) is 8.33. The van der Waals surface area contributed by atoms with Gasteiger partial charge < -0.3 is 14.8 Å². The van der Waals surface area contributed by atoms with Crippen molar-refractivity contribution in [1.82, 2.24) is 5.32 Å². The van der Waals surface area contributed by atoms with Crippen LogP contribution in [0, 0.1) is 5.92 Å². The monoisotopic (exact) mass is 199 g/mol. The fourth-order valence-electron chi connectivity index (χ4n) is 2.04. The summed E-state index contributed by atoms with van der Waals surface area (Å²) in [6, 6.07) is 0. The SMILES string of the molecule is O=C1COC(CC2CCOCC2)CN1. The Hall–Kier alpha value is -0.610. The molecule has 0 spiro atoms. The van der Waals surface area contributed by atoms with Crippen molar-refractivity contribution in [3.63, 3.8) is 0 Å². The van der Waals surface area contributed by atoms with Gasteiger partial charge in [0, 0.05) is 19.8 Å². The van der Waals surface area contributed by atoms with Gasteiger partial charge in [0.25, 0.3) is 0 Å². The number of rotatable bonds is 2. The third-order valence-electron chi connectivity index (χ3n) is 2.91. The normalized spacial score (nSPS) is 30.0. The largest absolute Gasteiger partial charge is 0.381 e. The van der Waals surface area contributed by atoms with Crippen molar-refractivity contribution in [1.29, 1.82) is 0 Å². The molecule has 0 aliphatic carbocycles. The highest BCUT2D eigenvalue weighted by atomic mass is 16.5. The number of hydrogen-bond donors (Lipinski definition) is 1. The lowest BCUT2D eigenvalue weighted by Gasteiger charge is -2.29. The Kier molecular flexibility index (Phi) is 3.37. The minimum atomic E-state index is 0.00762. The van der Waals surface area contributed by atoms with Gasteiger partial charge in [0.2, 0.25) is 5.91 Å². The zero-order chi connectivity index (χ0) is 9.80. The second-order valence-electron chi connectivity index (χ2n) is 4.03. The molecule has 2 heterocycles. The van der Waals surface area contributed by atoms with Crippen molar-refractivity contribution in [3.05, 3.63) is 0 Å². The molecule has 0 aromatic carbocycles. The lowest BCUT2D eigenvalue weighted by Crippen LogP contribution is -2.43. The Labute approximate surface area is 84.0 Å². The predicted molar refractivity (Wildman–Crippen MR) is 50.9 cm³/mol. The first-order valence-corrected chi connectivity index (χ1v) is 5.30. The van der Waals surface area contributed by atoms with Crippen molar-refractivity contribution in [2.75, 3.05) is 26.4 Å². The van der Waals surface area contributed by atoms with E-state index in [4.69, 9.17) is 9.47 Å². The lowest BCUT2D eigenvalue weighted by atomic mass is 9.93. The number of morpholine rings is 1. The predicted octanol–water partition coefficient (Wildman–Crippen LogP) is 0.318. The van der Waals surface area contributed by atoms with Crippen LogP contribution in [0.1, 0.15) is 19.3 Å². The van der Waals surface area contributed by atoms with Crippen LogP contribution in [-0.2, 0) is 14.3 Å². The van der Waals surface area contributed by atoms with E-state index in [-0.39, 0.29) is 18.6 Å². The van der Waals surface area contributed by atoms with E-state index in [1.54, 1.807) is 0 Å². The molecule has 0 aromatic rings. The van der Waals surface area contributed by atoms with Crippen molar-refractivity contribution in [3.8, 4) is 0 Å². The molecule has 2 saturated heterocycles. The summed E-state index contributed by atoms with van der Waals surface area (Å²) in [7, 11) is 0. The summed E-state index contributed by atoms with van der Waals surface area (Å²) in [5.41, 5.74) is 0. The van der Waals surface area contributed by atoms with Gasteiger partial charge in [-0.15, -0.1) is 0 Å². The van der Waals surface area contributed by atoms with E-state index in [1.165, 1.54) is 0 Å². The molecule has 0 bridgehead atoms. The number of carbonyl (C=O) groups is 1. The van der Waals surface area contributed by atoms with Crippen molar-refractivity contribution < 1.29 is 14.3 Å². The maximum Gasteiger partial charge on any atom is 0.246 e. The highest BCUT2D eigenvalue weighted by Gasteiger charge is 2.23. The van der Waals surface area contributed by atoms with E-state index in [0.29, 0.717) is 12.5 Å². The van der Waals surface area contributed by atoms with Gasteiger partial charge in [0.15, 0.2) is 0 Å². The van der Waals surface area contributed by atoms with Crippen LogP contribution >= 0.6 is 0 Å². The van der Waals surface area contributed by atoms with E-state index in [0.717, 1.165) is 32.5 Å². The lowest BCUT2D eigenvalue weighted by molar-refractivity contribution is -0.134. The Morgan fingerprint density at radius 1 is 1.36 bits per heavy atom.